The third-order valence-corrected chi connectivity index (χ3v) is 7.12. The zero-order valence-electron chi connectivity index (χ0n) is 19.2. The van der Waals surface area contributed by atoms with Crippen molar-refractivity contribution in [1.82, 2.24) is 0 Å². The maximum Gasteiger partial charge on any atom is 0.159 e. The number of quaternary nitrogens is 2. The van der Waals surface area contributed by atoms with Crippen LogP contribution in [0.5, 0.6) is 0 Å². The maximum atomic E-state index is 6.07. The zero-order chi connectivity index (χ0) is 20.5. The normalized spacial score (nSPS) is 14.5. The first-order valence-corrected chi connectivity index (χ1v) is 11.7. The van der Waals surface area contributed by atoms with Crippen molar-refractivity contribution in [2.45, 2.75) is 66.3 Å². The van der Waals surface area contributed by atoms with Crippen molar-refractivity contribution < 1.29 is 13.4 Å². The first-order valence-electron chi connectivity index (χ1n) is 11.7. The molecule has 0 saturated carbocycles. The van der Waals surface area contributed by atoms with Crippen LogP contribution >= 0.6 is 0 Å². The molecule has 3 nitrogen and oxygen atoms in total. The van der Waals surface area contributed by atoms with Crippen molar-refractivity contribution in [2.75, 3.05) is 46.3 Å². The molecule has 3 heteroatoms. The molecule has 2 rings (SSSR count). The molecule has 0 saturated heterocycles. The zero-order valence-corrected chi connectivity index (χ0v) is 19.2. The largest absolute Gasteiger partial charge is 0.455 e. The lowest BCUT2D eigenvalue weighted by molar-refractivity contribution is -0.923. The molecule has 1 unspecified atom stereocenters. The van der Waals surface area contributed by atoms with E-state index in [1.807, 2.05) is 6.07 Å². The monoisotopic (exact) mass is 388 g/mol. The van der Waals surface area contributed by atoms with Gasteiger partial charge >= 0.3 is 0 Å². The van der Waals surface area contributed by atoms with E-state index >= 15 is 0 Å². The van der Waals surface area contributed by atoms with Crippen LogP contribution < -0.4 is 0 Å². The van der Waals surface area contributed by atoms with Gasteiger partial charge in [-0.05, 0) is 65.5 Å². The van der Waals surface area contributed by atoms with Gasteiger partial charge in [0.05, 0.1) is 46.3 Å². The van der Waals surface area contributed by atoms with Gasteiger partial charge in [-0.25, -0.2) is 0 Å². The lowest BCUT2D eigenvalue weighted by atomic mass is 10.1. The van der Waals surface area contributed by atoms with E-state index in [1.54, 1.807) is 0 Å². The van der Waals surface area contributed by atoms with E-state index in [1.165, 1.54) is 74.7 Å². The van der Waals surface area contributed by atoms with E-state index in [2.05, 4.69) is 59.0 Å². The Balaban J connectivity index is 1.71. The first-order chi connectivity index (χ1) is 13.5. The molecule has 1 aromatic heterocycles. The van der Waals surface area contributed by atoms with Crippen molar-refractivity contribution >= 4 is 11.0 Å². The van der Waals surface area contributed by atoms with Crippen LogP contribution in [0.25, 0.3) is 11.0 Å². The molecular formula is C25H44N2O+2. The summed E-state index contributed by atoms with van der Waals surface area (Å²) in [6, 6.07) is 10.6. The van der Waals surface area contributed by atoms with Crippen molar-refractivity contribution in [3.8, 4) is 0 Å². The maximum absolute atomic E-state index is 6.07. The van der Waals surface area contributed by atoms with E-state index < -0.39 is 0 Å². The fraction of sp³-hybridized carbons (Fsp3) is 0.680. The minimum absolute atomic E-state index is 0.995. The molecular weight excluding hydrogens is 344 g/mol. The highest BCUT2D eigenvalue weighted by Gasteiger charge is 2.22. The summed E-state index contributed by atoms with van der Waals surface area (Å²) in [6.07, 6.45) is 6.83. The van der Waals surface area contributed by atoms with Gasteiger partial charge in [0.25, 0.3) is 0 Å². The summed E-state index contributed by atoms with van der Waals surface area (Å²) >= 11 is 0. The van der Waals surface area contributed by atoms with E-state index in [0.29, 0.717) is 0 Å². The third kappa shape index (κ3) is 6.35. The molecule has 1 aromatic carbocycles. The summed E-state index contributed by atoms with van der Waals surface area (Å²) in [5, 5.41) is 1.22. The van der Waals surface area contributed by atoms with Gasteiger partial charge in [-0.2, -0.15) is 0 Å². The molecule has 158 valence electrons. The number of unbranched alkanes of at least 4 members (excludes halogenated alkanes) is 4. The molecule has 0 amide bonds. The summed E-state index contributed by atoms with van der Waals surface area (Å²) in [7, 11) is 2.38. The topological polar surface area (TPSA) is 13.1 Å². The molecule has 0 N–H and O–H groups in total. The van der Waals surface area contributed by atoms with Crippen LogP contribution in [-0.2, 0) is 6.54 Å². The number of rotatable bonds is 14. The van der Waals surface area contributed by atoms with Crippen LogP contribution in [0.3, 0.4) is 0 Å². The van der Waals surface area contributed by atoms with Gasteiger partial charge in [0.15, 0.2) is 5.76 Å². The second-order valence-electron chi connectivity index (χ2n) is 8.85. The van der Waals surface area contributed by atoms with E-state index in [0.717, 1.165) is 28.9 Å². The molecule has 0 bridgehead atoms. The van der Waals surface area contributed by atoms with Crippen LogP contribution in [0, 0.1) is 0 Å². The molecule has 0 aliphatic heterocycles. The fourth-order valence-corrected chi connectivity index (χ4v) is 4.46. The second-order valence-corrected chi connectivity index (χ2v) is 8.85. The summed E-state index contributed by atoms with van der Waals surface area (Å²) in [5.41, 5.74) is 1.01. The number of nitrogens with zero attached hydrogens (tertiary/aromatic N) is 2. The Kier molecular flexibility index (Phi) is 9.04. The second kappa shape index (κ2) is 11.0. The highest BCUT2D eigenvalue weighted by atomic mass is 16.3. The molecule has 0 radical (unpaired) electrons. The Morgan fingerprint density at radius 1 is 0.750 bits per heavy atom. The average Bonchev–Trinajstić information content (AvgIpc) is 3.12. The van der Waals surface area contributed by atoms with Crippen molar-refractivity contribution in [1.29, 1.82) is 0 Å². The van der Waals surface area contributed by atoms with Gasteiger partial charge in [-0.3, -0.25) is 0 Å². The lowest BCUT2D eigenvalue weighted by Crippen LogP contribution is -2.48. The number of para-hydroxylation sites is 1. The first kappa shape index (κ1) is 23.0. The summed E-state index contributed by atoms with van der Waals surface area (Å²) in [6.45, 7) is 17.9. The van der Waals surface area contributed by atoms with Crippen LogP contribution in [-0.4, -0.2) is 55.3 Å². The summed E-state index contributed by atoms with van der Waals surface area (Å²) < 4.78 is 8.44. The Labute approximate surface area is 173 Å². The molecule has 1 heterocycles. The van der Waals surface area contributed by atoms with Crippen LogP contribution in [0.15, 0.2) is 34.7 Å². The van der Waals surface area contributed by atoms with Crippen molar-refractivity contribution in [3.05, 3.63) is 36.1 Å². The highest BCUT2D eigenvalue weighted by Crippen LogP contribution is 2.22. The number of hydrogen-bond donors (Lipinski definition) is 0. The minimum atomic E-state index is 0.995. The van der Waals surface area contributed by atoms with Gasteiger partial charge < -0.3 is 13.4 Å². The van der Waals surface area contributed by atoms with Gasteiger partial charge in [0.2, 0.25) is 0 Å². The van der Waals surface area contributed by atoms with Gasteiger partial charge in [0.1, 0.15) is 12.1 Å². The standard InChI is InChI=1S/C25H44N2O/c1-6-26(5,22-24-21-23-17-13-14-18-25(23)28-24)19-15-11-10-12-16-20-27(7-2,8-3)9-4/h13-14,17-18,21H,6-12,15-16,19-20,22H2,1-5H3/q+2. The Morgan fingerprint density at radius 2 is 1.36 bits per heavy atom. The van der Waals surface area contributed by atoms with Gasteiger partial charge in [0, 0.05) is 5.39 Å². The quantitative estimate of drug-likeness (QED) is 0.276. The van der Waals surface area contributed by atoms with Crippen LogP contribution in [0.1, 0.15) is 65.6 Å². The lowest BCUT2D eigenvalue weighted by Gasteiger charge is -2.36. The van der Waals surface area contributed by atoms with Gasteiger partial charge in [-0.15, -0.1) is 0 Å². The van der Waals surface area contributed by atoms with Crippen LogP contribution in [0.4, 0.5) is 0 Å². The number of fused-ring (bicyclic) bond motifs is 1. The van der Waals surface area contributed by atoms with Crippen LogP contribution in [0.2, 0.25) is 0 Å². The molecule has 1 atom stereocenters. The van der Waals surface area contributed by atoms with E-state index in [-0.39, 0.29) is 0 Å². The Bertz CT molecular complexity index is 647. The SMILES string of the molecule is CC[N+](C)(CCCCCCC[N+](CC)(CC)CC)Cc1cc2ccccc2o1. The van der Waals surface area contributed by atoms with Crippen molar-refractivity contribution in [3.63, 3.8) is 0 Å². The number of hydrogen-bond acceptors (Lipinski definition) is 1. The third-order valence-electron chi connectivity index (χ3n) is 7.12. The molecule has 0 spiro atoms. The predicted molar refractivity (Wildman–Crippen MR) is 121 cm³/mol. The van der Waals surface area contributed by atoms with Crippen molar-refractivity contribution in [2.24, 2.45) is 0 Å². The highest BCUT2D eigenvalue weighted by molar-refractivity contribution is 5.77. The number of benzene rings is 1. The molecule has 0 fully saturated rings. The Hall–Kier alpha value is -1.32. The number of furan rings is 1. The molecule has 0 aliphatic rings. The Morgan fingerprint density at radius 3 is 1.96 bits per heavy atom. The molecule has 0 aliphatic carbocycles. The molecule has 2 aromatic rings. The fourth-order valence-electron chi connectivity index (χ4n) is 4.46. The van der Waals surface area contributed by atoms with E-state index in [9.17, 15) is 0 Å². The minimum Gasteiger partial charge on any atom is -0.455 e. The average molecular weight is 389 g/mol. The molecule has 28 heavy (non-hydrogen) atoms. The predicted octanol–water partition coefficient (Wildman–Crippen LogP) is 6.23. The van der Waals surface area contributed by atoms with E-state index in [4.69, 9.17) is 4.42 Å². The smallest absolute Gasteiger partial charge is 0.159 e. The van der Waals surface area contributed by atoms with Gasteiger partial charge in [-0.1, -0.05) is 24.6 Å². The summed E-state index contributed by atoms with van der Waals surface area (Å²) in [5.74, 6) is 1.12. The summed E-state index contributed by atoms with van der Waals surface area (Å²) in [4.78, 5) is 0.